The lowest BCUT2D eigenvalue weighted by Gasteiger charge is -2.29. The van der Waals surface area contributed by atoms with Gasteiger partial charge >= 0.3 is 0 Å². The Bertz CT molecular complexity index is 2850. The van der Waals surface area contributed by atoms with Crippen LogP contribution in [0.25, 0.3) is 75.5 Å². The Balaban J connectivity index is 1.16. The van der Waals surface area contributed by atoms with Gasteiger partial charge in [0.2, 0.25) is 0 Å². The molecule has 2 heterocycles. The van der Waals surface area contributed by atoms with E-state index in [-0.39, 0.29) is 0 Å². The first-order valence-corrected chi connectivity index (χ1v) is 18.1. The highest BCUT2D eigenvalue weighted by Gasteiger charge is 2.23. The fourth-order valence-electron chi connectivity index (χ4n) is 7.49. The fraction of sp³-hybridized carbons (Fsp3) is 0. The number of para-hydroxylation sites is 2. The van der Waals surface area contributed by atoms with Crippen molar-refractivity contribution in [3.05, 3.63) is 188 Å². The summed E-state index contributed by atoms with van der Waals surface area (Å²) in [6.07, 6.45) is 0. The van der Waals surface area contributed by atoms with Gasteiger partial charge in [-0.15, -0.1) is 11.3 Å². The van der Waals surface area contributed by atoms with Crippen molar-refractivity contribution < 1.29 is 4.42 Å². The molecule has 0 amide bonds. The van der Waals surface area contributed by atoms with E-state index in [0.717, 1.165) is 39.0 Å². The molecule has 3 heteroatoms. The summed E-state index contributed by atoms with van der Waals surface area (Å²) in [5.41, 5.74) is 12.2. The zero-order chi connectivity index (χ0) is 33.7. The Morgan fingerprint density at radius 1 is 0.373 bits per heavy atom. The van der Waals surface area contributed by atoms with Gasteiger partial charge < -0.3 is 9.32 Å². The first-order chi connectivity index (χ1) is 25.3. The van der Waals surface area contributed by atoms with Crippen molar-refractivity contribution >= 4 is 70.5 Å². The minimum atomic E-state index is 0.873. The molecule has 0 saturated heterocycles. The SMILES string of the molecule is c1ccc(-c2ccc(-c3ccc(N(c4ccccc4-c4cccc5c4sc4ccccc45)c4cccc5oc6ccccc6c45)cc3)cc2)cc1. The first kappa shape index (κ1) is 29.5. The quantitative estimate of drug-likeness (QED) is 0.175. The summed E-state index contributed by atoms with van der Waals surface area (Å²) in [5, 5.41) is 4.80. The highest BCUT2D eigenvalue weighted by molar-refractivity contribution is 7.26. The molecule has 0 atom stereocenters. The maximum Gasteiger partial charge on any atom is 0.137 e. The summed E-state index contributed by atoms with van der Waals surface area (Å²) in [4.78, 5) is 2.41. The van der Waals surface area contributed by atoms with E-state index in [1.807, 2.05) is 17.4 Å². The zero-order valence-electron chi connectivity index (χ0n) is 27.7. The monoisotopic (exact) mass is 669 g/mol. The molecule has 2 nitrogen and oxygen atoms in total. The molecule has 10 aromatic rings. The first-order valence-electron chi connectivity index (χ1n) is 17.3. The van der Waals surface area contributed by atoms with Crippen molar-refractivity contribution in [2.45, 2.75) is 0 Å². The van der Waals surface area contributed by atoms with E-state index in [1.54, 1.807) is 0 Å². The second kappa shape index (κ2) is 12.2. The van der Waals surface area contributed by atoms with Crippen LogP contribution in [-0.2, 0) is 0 Å². The molecule has 240 valence electrons. The van der Waals surface area contributed by atoms with Crippen LogP contribution >= 0.6 is 11.3 Å². The van der Waals surface area contributed by atoms with Crippen LogP contribution in [0.3, 0.4) is 0 Å². The standard InChI is InChI=1S/C48H31NOS/c1-2-12-32(13-3-1)33-24-26-34(27-25-33)35-28-30-36(31-29-35)49(43-20-11-22-45-47(43)41-16-5-8-21-44(41)50-45)42-19-7-4-14-37(42)39-17-10-18-40-38-15-6-9-23-46(38)51-48(39)40/h1-31H. The third-order valence-electron chi connectivity index (χ3n) is 9.91. The zero-order valence-corrected chi connectivity index (χ0v) is 28.5. The predicted octanol–water partition coefficient (Wildman–Crippen LogP) is 14.4. The Labute approximate surface area is 300 Å². The molecule has 51 heavy (non-hydrogen) atoms. The number of hydrogen-bond donors (Lipinski definition) is 0. The van der Waals surface area contributed by atoms with Crippen LogP contribution in [0.15, 0.2) is 192 Å². The van der Waals surface area contributed by atoms with Crippen molar-refractivity contribution in [2.24, 2.45) is 0 Å². The topological polar surface area (TPSA) is 16.4 Å². The molecular formula is C48H31NOS. The fourth-order valence-corrected chi connectivity index (χ4v) is 8.72. The molecule has 0 bridgehead atoms. The second-order valence-electron chi connectivity index (χ2n) is 12.9. The van der Waals surface area contributed by atoms with Crippen LogP contribution in [0, 0.1) is 0 Å². The Kier molecular flexibility index (Phi) is 7.04. The molecule has 0 saturated carbocycles. The lowest BCUT2D eigenvalue weighted by molar-refractivity contribution is 0.669. The third kappa shape index (κ3) is 5.01. The van der Waals surface area contributed by atoms with Gasteiger partial charge in [0, 0.05) is 42.4 Å². The maximum atomic E-state index is 6.41. The molecule has 10 rings (SSSR count). The van der Waals surface area contributed by atoms with E-state index < -0.39 is 0 Å². The number of fused-ring (bicyclic) bond motifs is 6. The number of benzene rings is 8. The second-order valence-corrected chi connectivity index (χ2v) is 13.9. The van der Waals surface area contributed by atoms with Gasteiger partial charge in [0.1, 0.15) is 11.2 Å². The van der Waals surface area contributed by atoms with Crippen LogP contribution < -0.4 is 4.90 Å². The number of nitrogens with zero attached hydrogens (tertiary/aromatic N) is 1. The summed E-state index contributed by atoms with van der Waals surface area (Å²) in [7, 11) is 0. The molecule has 0 aliphatic heterocycles. The average Bonchev–Trinajstić information content (AvgIpc) is 3.78. The molecule has 0 aliphatic rings. The van der Waals surface area contributed by atoms with Crippen molar-refractivity contribution in [2.75, 3.05) is 4.90 Å². The van der Waals surface area contributed by atoms with Crippen molar-refractivity contribution in [3.63, 3.8) is 0 Å². The summed E-state index contributed by atoms with van der Waals surface area (Å²) in [5.74, 6) is 0. The van der Waals surface area contributed by atoms with Crippen molar-refractivity contribution in [3.8, 4) is 33.4 Å². The lowest BCUT2D eigenvalue weighted by Crippen LogP contribution is -2.11. The van der Waals surface area contributed by atoms with Gasteiger partial charge in [-0.1, -0.05) is 146 Å². The van der Waals surface area contributed by atoms with Crippen LogP contribution in [0.2, 0.25) is 0 Å². The molecule has 0 N–H and O–H groups in total. The smallest absolute Gasteiger partial charge is 0.137 e. The molecule has 2 aromatic heterocycles. The van der Waals surface area contributed by atoms with Gasteiger partial charge in [-0.2, -0.15) is 0 Å². The van der Waals surface area contributed by atoms with E-state index in [2.05, 4.69) is 187 Å². The van der Waals surface area contributed by atoms with Gasteiger partial charge in [-0.3, -0.25) is 0 Å². The van der Waals surface area contributed by atoms with Crippen LogP contribution in [-0.4, -0.2) is 0 Å². The largest absolute Gasteiger partial charge is 0.456 e. The molecule has 8 aromatic carbocycles. The van der Waals surface area contributed by atoms with E-state index in [0.29, 0.717) is 0 Å². The van der Waals surface area contributed by atoms with Crippen molar-refractivity contribution in [1.29, 1.82) is 0 Å². The third-order valence-corrected chi connectivity index (χ3v) is 11.1. The minimum absolute atomic E-state index is 0.873. The van der Waals surface area contributed by atoms with E-state index >= 15 is 0 Å². The van der Waals surface area contributed by atoms with E-state index in [9.17, 15) is 0 Å². The number of thiophene rings is 1. The Morgan fingerprint density at radius 2 is 0.922 bits per heavy atom. The van der Waals surface area contributed by atoms with Crippen LogP contribution in [0.5, 0.6) is 0 Å². The normalized spacial score (nSPS) is 11.5. The molecular weight excluding hydrogens is 639 g/mol. The summed E-state index contributed by atoms with van der Waals surface area (Å²) >= 11 is 1.87. The minimum Gasteiger partial charge on any atom is -0.456 e. The molecule has 0 fully saturated rings. The molecule has 0 spiro atoms. The van der Waals surface area contributed by atoms with Crippen molar-refractivity contribution in [1.82, 2.24) is 0 Å². The molecule has 0 unspecified atom stereocenters. The summed E-state index contributed by atoms with van der Waals surface area (Å²) in [6, 6.07) is 67.3. The van der Waals surface area contributed by atoms with Gasteiger partial charge in [-0.05, 0) is 64.7 Å². The Morgan fingerprint density at radius 3 is 1.73 bits per heavy atom. The van der Waals surface area contributed by atoms with Crippen LogP contribution in [0.4, 0.5) is 17.1 Å². The van der Waals surface area contributed by atoms with E-state index in [1.165, 1.54) is 53.6 Å². The lowest BCUT2D eigenvalue weighted by atomic mass is 9.98. The van der Waals surface area contributed by atoms with Crippen LogP contribution in [0.1, 0.15) is 0 Å². The van der Waals surface area contributed by atoms with Gasteiger partial charge in [0.25, 0.3) is 0 Å². The average molecular weight is 670 g/mol. The number of furan rings is 1. The van der Waals surface area contributed by atoms with Gasteiger partial charge in [-0.25, -0.2) is 0 Å². The number of hydrogen-bond acceptors (Lipinski definition) is 3. The number of rotatable bonds is 6. The van der Waals surface area contributed by atoms with E-state index in [4.69, 9.17) is 4.42 Å². The highest BCUT2D eigenvalue weighted by Crippen LogP contribution is 2.48. The summed E-state index contributed by atoms with van der Waals surface area (Å²) < 4.78 is 9.02. The van der Waals surface area contributed by atoms with Gasteiger partial charge in [0.15, 0.2) is 0 Å². The Hall–Kier alpha value is -6.42. The summed E-state index contributed by atoms with van der Waals surface area (Å²) in [6.45, 7) is 0. The molecule has 0 aliphatic carbocycles. The maximum absolute atomic E-state index is 6.41. The predicted molar refractivity (Wildman–Crippen MR) is 218 cm³/mol. The number of anilines is 3. The van der Waals surface area contributed by atoms with Gasteiger partial charge in [0.05, 0.1) is 16.8 Å². The molecule has 0 radical (unpaired) electrons. The highest BCUT2D eigenvalue weighted by atomic mass is 32.1.